The van der Waals surface area contributed by atoms with E-state index in [2.05, 4.69) is 133 Å². The van der Waals surface area contributed by atoms with Gasteiger partial charge in [-0.1, -0.05) is 133 Å². The third kappa shape index (κ3) is 4.42. The van der Waals surface area contributed by atoms with E-state index in [9.17, 15) is 0 Å². The maximum Gasteiger partial charge on any atom is 0.208 e. The van der Waals surface area contributed by atoms with E-state index in [0.717, 1.165) is 23.5 Å². The standard InChI is InChI=1S/C39H36NOP/c1-31(32-17-7-2-8-18-32)27-28-40(42(41,35-23-13-5-14-24-35)36-25-15-6-16-26-36)37(33-19-9-3-10-20-33)39-29-38(39,30-39)34-21-11-4-12-22-34/h2-27,37H,28-30H2,1H3/b31-27+. The third-order valence-corrected chi connectivity index (χ3v) is 12.7. The topological polar surface area (TPSA) is 20.3 Å². The van der Waals surface area contributed by atoms with E-state index in [4.69, 9.17) is 0 Å². The van der Waals surface area contributed by atoms with Crippen LogP contribution in [0.3, 0.4) is 0 Å². The highest BCUT2D eigenvalue weighted by atomic mass is 31.2. The zero-order valence-electron chi connectivity index (χ0n) is 24.0. The highest BCUT2D eigenvalue weighted by Crippen LogP contribution is 2.91. The molecule has 2 aliphatic carbocycles. The molecule has 2 saturated carbocycles. The van der Waals surface area contributed by atoms with Crippen LogP contribution in [0.15, 0.2) is 158 Å². The molecule has 2 fully saturated rings. The van der Waals surface area contributed by atoms with Gasteiger partial charge in [0.15, 0.2) is 0 Å². The number of benzene rings is 5. The van der Waals surface area contributed by atoms with E-state index in [1.165, 1.54) is 22.3 Å². The smallest absolute Gasteiger partial charge is 0.208 e. The first-order chi connectivity index (χ1) is 20.6. The first kappa shape index (κ1) is 26.9. The molecule has 2 nitrogen and oxygen atoms in total. The van der Waals surface area contributed by atoms with Crippen molar-refractivity contribution in [1.29, 1.82) is 0 Å². The van der Waals surface area contributed by atoms with E-state index in [1.807, 2.05) is 36.4 Å². The van der Waals surface area contributed by atoms with Crippen LogP contribution in [-0.2, 0) is 9.98 Å². The lowest BCUT2D eigenvalue weighted by atomic mass is 9.96. The van der Waals surface area contributed by atoms with Crippen molar-refractivity contribution in [1.82, 2.24) is 4.67 Å². The Balaban J connectivity index is 1.43. The molecular formula is C39H36NOP. The fraction of sp³-hybridized carbons (Fsp3) is 0.179. The van der Waals surface area contributed by atoms with Crippen LogP contribution in [0.5, 0.6) is 0 Å². The van der Waals surface area contributed by atoms with E-state index >= 15 is 4.57 Å². The number of rotatable bonds is 10. The van der Waals surface area contributed by atoms with Gasteiger partial charge >= 0.3 is 0 Å². The highest BCUT2D eigenvalue weighted by molar-refractivity contribution is 7.76. The normalized spacial score (nSPS) is 21.9. The minimum Gasteiger partial charge on any atom is -0.296 e. The summed E-state index contributed by atoms with van der Waals surface area (Å²) in [4.78, 5) is 0. The van der Waals surface area contributed by atoms with Crippen molar-refractivity contribution in [2.75, 3.05) is 6.54 Å². The summed E-state index contributed by atoms with van der Waals surface area (Å²) in [6.07, 6.45) is 4.52. The molecule has 1 atom stereocenters. The van der Waals surface area contributed by atoms with Gasteiger partial charge in [0.2, 0.25) is 7.29 Å². The van der Waals surface area contributed by atoms with Crippen LogP contribution < -0.4 is 10.6 Å². The number of allylic oxidation sites excluding steroid dienone is 1. The molecule has 5 aromatic rings. The summed E-state index contributed by atoms with van der Waals surface area (Å²) in [5.41, 5.74) is 5.23. The lowest BCUT2D eigenvalue weighted by Gasteiger charge is -2.40. The second-order valence-electron chi connectivity index (χ2n) is 11.9. The van der Waals surface area contributed by atoms with Crippen molar-refractivity contribution in [3.8, 4) is 0 Å². The minimum absolute atomic E-state index is 0.00928. The van der Waals surface area contributed by atoms with Crippen molar-refractivity contribution >= 4 is 23.5 Å². The Morgan fingerprint density at radius 3 is 1.67 bits per heavy atom. The highest BCUT2D eigenvalue weighted by Gasteiger charge is 2.86. The molecule has 0 bridgehead atoms. The van der Waals surface area contributed by atoms with Gasteiger partial charge in [0, 0.05) is 34.0 Å². The van der Waals surface area contributed by atoms with Crippen molar-refractivity contribution < 1.29 is 4.57 Å². The number of nitrogens with zero attached hydrogens (tertiary/aromatic N) is 1. The maximum atomic E-state index is 16.1. The van der Waals surface area contributed by atoms with Crippen LogP contribution in [0.1, 0.15) is 42.5 Å². The van der Waals surface area contributed by atoms with Crippen molar-refractivity contribution in [2.24, 2.45) is 5.41 Å². The van der Waals surface area contributed by atoms with E-state index in [1.54, 1.807) is 0 Å². The van der Waals surface area contributed by atoms with Crippen LogP contribution in [0.25, 0.3) is 5.57 Å². The molecule has 1 unspecified atom stereocenters. The molecule has 0 saturated heterocycles. The first-order valence-electron chi connectivity index (χ1n) is 14.9. The first-order valence-corrected chi connectivity index (χ1v) is 16.6. The Bertz CT molecular complexity index is 1680. The molecule has 2 aliphatic rings. The molecule has 0 heterocycles. The Morgan fingerprint density at radius 2 is 1.14 bits per heavy atom. The van der Waals surface area contributed by atoms with Crippen molar-refractivity contribution in [3.63, 3.8) is 0 Å². The molecule has 0 radical (unpaired) electrons. The van der Waals surface area contributed by atoms with Gasteiger partial charge in [-0.05, 0) is 66.3 Å². The molecule has 0 N–H and O–H groups in total. The molecule has 0 aromatic heterocycles. The molecule has 42 heavy (non-hydrogen) atoms. The van der Waals surface area contributed by atoms with Gasteiger partial charge in [-0.15, -0.1) is 0 Å². The Hall–Kier alpha value is -3.97. The Labute approximate surface area is 249 Å². The molecule has 0 amide bonds. The fourth-order valence-corrected chi connectivity index (χ4v) is 10.2. The fourth-order valence-electron chi connectivity index (χ4n) is 7.19. The van der Waals surface area contributed by atoms with Gasteiger partial charge in [-0.3, -0.25) is 4.57 Å². The zero-order chi connectivity index (χ0) is 28.6. The second-order valence-corrected chi connectivity index (χ2v) is 14.6. The van der Waals surface area contributed by atoms with Gasteiger partial charge < -0.3 is 0 Å². The largest absolute Gasteiger partial charge is 0.296 e. The zero-order valence-corrected chi connectivity index (χ0v) is 24.9. The SMILES string of the molecule is C/C(=C\CN(C(c1ccccc1)C12CC1(c1ccccc1)C2)P(=O)(c1ccccc1)c1ccccc1)c1ccccc1. The van der Waals surface area contributed by atoms with Crippen LogP contribution >= 0.6 is 7.29 Å². The second kappa shape index (κ2) is 10.7. The van der Waals surface area contributed by atoms with E-state index < -0.39 is 7.29 Å². The molecule has 0 aliphatic heterocycles. The molecule has 7 rings (SSSR count). The molecule has 208 valence electrons. The van der Waals surface area contributed by atoms with Gasteiger partial charge in [-0.25, -0.2) is 4.67 Å². The quantitative estimate of drug-likeness (QED) is 0.158. The average Bonchev–Trinajstić information content (AvgIpc) is 3.93. The summed E-state index contributed by atoms with van der Waals surface area (Å²) in [7, 11) is -3.27. The number of fused-ring (bicyclic) bond motifs is 1. The van der Waals surface area contributed by atoms with Gasteiger partial charge in [0.1, 0.15) is 0 Å². The summed E-state index contributed by atoms with van der Waals surface area (Å²) in [6, 6.07) is 52.7. The lowest BCUT2D eigenvalue weighted by molar-refractivity contribution is 0.282. The predicted octanol–water partition coefficient (Wildman–Crippen LogP) is 8.79. The van der Waals surface area contributed by atoms with Crippen molar-refractivity contribution in [3.05, 3.63) is 174 Å². The van der Waals surface area contributed by atoms with Crippen LogP contribution in [0.4, 0.5) is 0 Å². The summed E-state index contributed by atoms with van der Waals surface area (Å²) >= 11 is 0. The summed E-state index contributed by atoms with van der Waals surface area (Å²) in [6.45, 7) is 2.75. The van der Waals surface area contributed by atoms with Gasteiger partial charge in [-0.2, -0.15) is 0 Å². The lowest BCUT2D eigenvalue weighted by Crippen LogP contribution is -2.37. The molecule has 0 spiro atoms. The number of hydrogen-bond donors (Lipinski definition) is 0. The summed E-state index contributed by atoms with van der Waals surface area (Å²) in [5.74, 6) is 0. The van der Waals surface area contributed by atoms with Crippen LogP contribution in [0, 0.1) is 5.41 Å². The Morgan fingerprint density at radius 1 is 0.690 bits per heavy atom. The van der Waals surface area contributed by atoms with Gasteiger partial charge in [0.25, 0.3) is 0 Å². The van der Waals surface area contributed by atoms with E-state index in [0.29, 0.717) is 6.54 Å². The maximum absolute atomic E-state index is 16.1. The van der Waals surface area contributed by atoms with Crippen molar-refractivity contribution in [2.45, 2.75) is 31.2 Å². The minimum atomic E-state index is -3.27. The molecule has 3 heteroatoms. The predicted molar refractivity (Wildman–Crippen MR) is 176 cm³/mol. The van der Waals surface area contributed by atoms with Gasteiger partial charge in [0.05, 0.1) is 0 Å². The number of hydrogen-bond acceptors (Lipinski definition) is 1. The summed E-state index contributed by atoms with van der Waals surface area (Å²) < 4.78 is 18.5. The average molecular weight is 566 g/mol. The van der Waals surface area contributed by atoms with Crippen LogP contribution in [0.2, 0.25) is 0 Å². The van der Waals surface area contributed by atoms with E-state index in [-0.39, 0.29) is 16.9 Å². The summed E-state index contributed by atoms with van der Waals surface area (Å²) in [5, 5.41) is 1.76. The van der Waals surface area contributed by atoms with Crippen LogP contribution in [-0.4, -0.2) is 11.2 Å². The third-order valence-electron chi connectivity index (χ3n) is 9.59. The monoisotopic (exact) mass is 565 g/mol. The Kier molecular flexibility index (Phi) is 6.85. The molecular weight excluding hydrogens is 529 g/mol. The molecule has 5 aromatic carbocycles.